The number of amides is 2. The molecule has 1 aromatic carbocycles. The summed E-state index contributed by atoms with van der Waals surface area (Å²) in [6, 6.07) is 11.4. The van der Waals surface area contributed by atoms with E-state index in [0.717, 1.165) is 10.2 Å². The number of piperidine rings is 1. The molecule has 9 heteroatoms. The molecular weight excluding hydrogens is 434 g/mol. The predicted octanol–water partition coefficient (Wildman–Crippen LogP) is 3.81. The normalized spacial score (nSPS) is 14.5. The van der Waals surface area contributed by atoms with Crippen LogP contribution in [0.5, 0.6) is 0 Å². The predicted molar refractivity (Wildman–Crippen MR) is 122 cm³/mol. The van der Waals surface area contributed by atoms with Crippen molar-refractivity contribution in [1.82, 2.24) is 9.88 Å². The van der Waals surface area contributed by atoms with Gasteiger partial charge < -0.3 is 9.64 Å². The van der Waals surface area contributed by atoms with E-state index >= 15 is 0 Å². The molecule has 1 saturated heterocycles. The molecule has 0 bridgehead atoms. The van der Waals surface area contributed by atoms with Crippen molar-refractivity contribution in [2.45, 2.75) is 19.8 Å². The van der Waals surface area contributed by atoms with Gasteiger partial charge in [0.25, 0.3) is 11.8 Å². The lowest BCUT2D eigenvalue weighted by atomic mass is 9.97. The Kier molecular flexibility index (Phi) is 6.62. The molecule has 0 atom stereocenters. The quantitative estimate of drug-likeness (QED) is 0.526. The zero-order valence-electron chi connectivity index (χ0n) is 17.2. The summed E-state index contributed by atoms with van der Waals surface area (Å²) in [5, 5.41) is 2.48. The van der Waals surface area contributed by atoms with Crippen molar-refractivity contribution in [3.8, 4) is 0 Å². The maximum absolute atomic E-state index is 12.7. The van der Waals surface area contributed by atoms with Crippen LogP contribution in [0.25, 0.3) is 10.2 Å². The molecule has 162 valence electrons. The Morgan fingerprint density at radius 2 is 1.94 bits per heavy atom. The van der Waals surface area contributed by atoms with Crippen LogP contribution in [-0.4, -0.2) is 53.9 Å². The molecule has 3 heterocycles. The highest BCUT2D eigenvalue weighted by atomic mass is 32.1. The average molecular weight is 458 g/mol. The topological polar surface area (TPSA) is 79.8 Å². The second-order valence-electron chi connectivity index (χ2n) is 7.25. The molecule has 31 heavy (non-hydrogen) atoms. The van der Waals surface area contributed by atoms with Gasteiger partial charge in [0.05, 0.1) is 21.0 Å². The SMILES string of the molecule is CCN(C(=O)COC(=O)C1CCN(C(=O)c2cccs2)CC1)c1nc2ccccc2s1. The number of fused-ring (bicyclic) bond motifs is 1. The zero-order valence-corrected chi connectivity index (χ0v) is 18.8. The zero-order chi connectivity index (χ0) is 21.8. The van der Waals surface area contributed by atoms with Gasteiger partial charge in [0, 0.05) is 19.6 Å². The van der Waals surface area contributed by atoms with Crippen LogP contribution in [0.3, 0.4) is 0 Å². The van der Waals surface area contributed by atoms with Crippen molar-refractivity contribution in [3.63, 3.8) is 0 Å². The first-order valence-corrected chi connectivity index (χ1v) is 11.9. The molecule has 3 aromatic rings. The summed E-state index contributed by atoms with van der Waals surface area (Å²) in [7, 11) is 0. The minimum atomic E-state index is -0.378. The van der Waals surface area contributed by atoms with Crippen LogP contribution in [-0.2, 0) is 14.3 Å². The number of carbonyl (C=O) groups excluding carboxylic acids is 3. The third-order valence-electron chi connectivity index (χ3n) is 5.32. The highest BCUT2D eigenvalue weighted by Crippen LogP contribution is 2.28. The molecule has 1 aliphatic heterocycles. The second-order valence-corrected chi connectivity index (χ2v) is 9.21. The van der Waals surface area contributed by atoms with Crippen molar-refractivity contribution >= 4 is 55.8 Å². The molecular formula is C22H23N3O4S2. The fraction of sp³-hybridized carbons (Fsp3) is 0.364. The lowest BCUT2D eigenvalue weighted by molar-refractivity contribution is -0.153. The van der Waals surface area contributed by atoms with Gasteiger partial charge in [-0.2, -0.15) is 0 Å². The number of likely N-dealkylation sites (N-methyl/N-ethyl adjacent to an activating group) is 1. The van der Waals surface area contributed by atoms with Crippen LogP contribution in [0.1, 0.15) is 29.4 Å². The lowest BCUT2D eigenvalue weighted by Gasteiger charge is -2.30. The van der Waals surface area contributed by atoms with E-state index in [2.05, 4.69) is 4.98 Å². The summed E-state index contributed by atoms with van der Waals surface area (Å²) in [4.78, 5) is 46.1. The number of anilines is 1. The van der Waals surface area contributed by atoms with E-state index in [9.17, 15) is 14.4 Å². The molecule has 0 radical (unpaired) electrons. The number of hydrogen-bond donors (Lipinski definition) is 0. The van der Waals surface area contributed by atoms with Gasteiger partial charge in [0.1, 0.15) is 0 Å². The van der Waals surface area contributed by atoms with E-state index in [1.165, 1.54) is 22.7 Å². The molecule has 2 aromatic heterocycles. The third kappa shape index (κ3) is 4.77. The number of benzene rings is 1. The van der Waals surface area contributed by atoms with Crippen molar-refractivity contribution in [3.05, 3.63) is 46.7 Å². The molecule has 0 N–H and O–H groups in total. The van der Waals surface area contributed by atoms with Crippen LogP contribution in [0.15, 0.2) is 41.8 Å². The standard InChI is InChI=1S/C22H23N3O4S2/c1-2-25(22-23-16-6-3-4-7-17(16)31-22)19(26)14-29-21(28)15-9-11-24(12-10-15)20(27)18-8-5-13-30-18/h3-8,13,15H,2,9-12,14H2,1H3. The van der Waals surface area contributed by atoms with Gasteiger partial charge >= 0.3 is 5.97 Å². The van der Waals surface area contributed by atoms with E-state index in [1.807, 2.05) is 48.7 Å². The Hall–Kier alpha value is -2.78. The van der Waals surface area contributed by atoms with Gasteiger partial charge in [-0.15, -0.1) is 11.3 Å². The summed E-state index contributed by atoms with van der Waals surface area (Å²) in [5.74, 6) is -0.957. The highest BCUT2D eigenvalue weighted by Gasteiger charge is 2.30. The van der Waals surface area contributed by atoms with E-state index in [4.69, 9.17) is 4.74 Å². The minimum Gasteiger partial charge on any atom is -0.455 e. The van der Waals surface area contributed by atoms with Gasteiger partial charge in [0.2, 0.25) is 0 Å². The molecule has 0 spiro atoms. The van der Waals surface area contributed by atoms with Crippen LogP contribution >= 0.6 is 22.7 Å². The number of rotatable bonds is 6. The number of thiophene rings is 1. The monoisotopic (exact) mass is 457 g/mol. The minimum absolute atomic E-state index is 0.00594. The van der Waals surface area contributed by atoms with Gasteiger partial charge in [0.15, 0.2) is 11.7 Å². The Balaban J connectivity index is 1.29. The summed E-state index contributed by atoms with van der Waals surface area (Å²) >= 11 is 2.86. The molecule has 2 amide bonds. The van der Waals surface area contributed by atoms with Crippen LogP contribution in [0.2, 0.25) is 0 Å². The summed E-state index contributed by atoms with van der Waals surface area (Å²) in [5.41, 5.74) is 0.842. The number of para-hydroxylation sites is 1. The van der Waals surface area contributed by atoms with Crippen LogP contribution in [0.4, 0.5) is 5.13 Å². The lowest BCUT2D eigenvalue weighted by Crippen LogP contribution is -2.41. The largest absolute Gasteiger partial charge is 0.455 e. The van der Waals surface area contributed by atoms with Crippen LogP contribution < -0.4 is 4.90 Å². The first kappa shape index (κ1) is 21.5. The number of carbonyl (C=O) groups is 3. The smallest absolute Gasteiger partial charge is 0.309 e. The van der Waals surface area contributed by atoms with Crippen molar-refractivity contribution in [1.29, 1.82) is 0 Å². The Morgan fingerprint density at radius 1 is 1.16 bits per heavy atom. The summed E-state index contributed by atoms with van der Waals surface area (Å²) in [6.07, 6.45) is 1.08. The Morgan fingerprint density at radius 3 is 2.61 bits per heavy atom. The molecule has 1 aliphatic rings. The molecule has 4 rings (SSSR count). The van der Waals surface area contributed by atoms with Crippen molar-refractivity contribution in [2.24, 2.45) is 5.92 Å². The second kappa shape index (κ2) is 9.57. The average Bonchev–Trinajstić information content (AvgIpc) is 3.47. The maximum Gasteiger partial charge on any atom is 0.309 e. The third-order valence-corrected chi connectivity index (χ3v) is 7.23. The summed E-state index contributed by atoms with van der Waals surface area (Å²) in [6.45, 7) is 3.02. The molecule has 1 fully saturated rings. The van der Waals surface area contributed by atoms with Crippen LogP contribution in [0, 0.1) is 5.92 Å². The van der Waals surface area contributed by atoms with E-state index < -0.39 is 0 Å². The van der Waals surface area contributed by atoms with E-state index in [1.54, 1.807) is 9.80 Å². The van der Waals surface area contributed by atoms with E-state index in [0.29, 0.717) is 42.5 Å². The molecule has 0 saturated carbocycles. The Labute approximate surface area is 188 Å². The molecule has 7 nitrogen and oxygen atoms in total. The van der Waals surface area contributed by atoms with Crippen molar-refractivity contribution < 1.29 is 19.1 Å². The van der Waals surface area contributed by atoms with Gasteiger partial charge in [-0.3, -0.25) is 19.3 Å². The first-order chi connectivity index (χ1) is 15.1. The number of ether oxygens (including phenoxy) is 1. The Bertz CT molecular complexity index is 1040. The number of esters is 1. The van der Waals surface area contributed by atoms with E-state index in [-0.39, 0.29) is 30.3 Å². The van der Waals surface area contributed by atoms with Gasteiger partial charge in [-0.25, -0.2) is 4.98 Å². The van der Waals surface area contributed by atoms with Gasteiger partial charge in [-0.05, 0) is 43.3 Å². The number of hydrogen-bond acceptors (Lipinski definition) is 7. The molecule has 0 aliphatic carbocycles. The van der Waals surface area contributed by atoms with Gasteiger partial charge in [-0.1, -0.05) is 29.5 Å². The first-order valence-electron chi connectivity index (χ1n) is 10.2. The maximum atomic E-state index is 12.7. The molecule has 0 unspecified atom stereocenters. The number of likely N-dealkylation sites (tertiary alicyclic amines) is 1. The fourth-order valence-corrected chi connectivity index (χ4v) is 5.33. The van der Waals surface area contributed by atoms with Crippen molar-refractivity contribution in [2.75, 3.05) is 31.1 Å². The highest BCUT2D eigenvalue weighted by molar-refractivity contribution is 7.22. The number of nitrogens with zero attached hydrogens (tertiary/aromatic N) is 3. The number of aromatic nitrogens is 1. The summed E-state index contributed by atoms with van der Waals surface area (Å²) < 4.78 is 6.34. The number of thiazole rings is 1. The fourth-order valence-electron chi connectivity index (χ4n) is 3.60.